The molecule has 0 aliphatic heterocycles. The monoisotopic (exact) mass is 304 g/mol. The van der Waals surface area contributed by atoms with Gasteiger partial charge in [0.25, 0.3) is 0 Å². The molecule has 5 heteroatoms. The van der Waals surface area contributed by atoms with Crippen molar-refractivity contribution >= 4 is 29.9 Å². The van der Waals surface area contributed by atoms with Crippen LogP contribution in [0.1, 0.15) is 17.3 Å². The number of halogens is 1. The molecule has 0 heterocycles. The van der Waals surface area contributed by atoms with Crippen LogP contribution < -0.4 is 5.19 Å². The fraction of sp³-hybridized carbons (Fsp3) is 0.455. The average molecular weight is 305 g/mol. The minimum Gasteiger partial charge on any atom is -0.373 e. The highest BCUT2D eigenvalue weighted by atomic mass is 79.9. The summed E-state index contributed by atoms with van der Waals surface area (Å²) in [6.45, 7) is 2.09. The van der Waals surface area contributed by atoms with Gasteiger partial charge in [-0.25, -0.2) is 0 Å². The van der Waals surface area contributed by atoms with Crippen LogP contribution in [-0.4, -0.2) is 30.1 Å². The zero-order valence-corrected chi connectivity index (χ0v) is 12.6. The zero-order chi connectivity index (χ0) is 12.2. The predicted octanol–water partition coefficient (Wildman–Crippen LogP) is 2.23. The summed E-state index contributed by atoms with van der Waals surface area (Å²) in [4.78, 5) is 0.338. The molecule has 1 atom stereocenters. The number of hydrogen-bond acceptors (Lipinski definition) is 3. The Kier molecular flexibility index (Phi) is 5.14. The Balaban J connectivity index is 3.03. The summed E-state index contributed by atoms with van der Waals surface area (Å²) < 4.78 is 16.2. The van der Waals surface area contributed by atoms with Gasteiger partial charge in [0.1, 0.15) is 0 Å². The molecule has 0 aliphatic carbocycles. The first kappa shape index (κ1) is 13.9. The molecule has 90 valence electrons. The smallest absolute Gasteiger partial charge is 0.373 e. The van der Waals surface area contributed by atoms with E-state index in [9.17, 15) is 0 Å². The van der Waals surface area contributed by atoms with Crippen molar-refractivity contribution in [2.24, 2.45) is 0 Å². The Morgan fingerprint density at radius 3 is 1.75 bits per heavy atom. The molecule has 0 N–H and O–H groups in total. The Labute approximate surface area is 106 Å². The first-order valence-electron chi connectivity index (χ1n) is 4.99. The van der Waals surface area contributed by atoms with Crippen LogP contribution in [-0.2, 0) is 13.3 Å². The summed E-state index contributed by atoms with van der Waals surface area (Å²) in [5.41, 5.74) is 1.22. The Morgan fingerprint density at radius 1 is 1.00 bits per heavy atom. The van der Waals surface area contributed by atoms with Gasteiger partial charge < -0.3 is 13.3 Å². The molecular formula is C11H17BrO3Si. The first-order chi connectivity index (χ1) is 7.59. The van der Waals surface area contributed by atoms with Crippen molar-refractivity contribution in [3.63, 3.8) is 0 Å². The van der Waals surface area contributed by atoms with Gasteiger partial charge in [-0.1, -0.05) is 40.2 Å². The maximum absolute atomic E-state index is 5.41. The number of benzene rings is 1. The lowest BCUT2D eigenvalue weighted by atomic mass is 10.2. The van der Waals surface area contributed by atoms with Crippen molar-refractivity contribution in [1.29, 1.82) is 0 Å². The predicted molar refractivity (Wildman–Crippen MR) is 70.2 cm³/mol. The molecule has 0 aliphatic rings. The van der Waals surface area contributed by atoms with Gasteiger partial charge >= 0.3 is 8.80 Å². The van der Waals surface area contributed by atoms with Gasteiger partial charge in [-0.2, -0.15) is 0 Å². The summed E-state index contributed by atoms with van der Waals surface area (Å²) in [5.74, 6) is 0. The van der Waals surface area contributed by atoms with Crippen LogP contribution in [0.15, 0.2) is 24.3 Å². The lowest BCUT2D eigenvalue weighted by Gasteiger charge is -2.24. The molecule has 3 nitrogen and oxygen atoms in total. The maximum Gasteiger partial charge on any atom is 0.536 e. The molecule has 0 aromatic heterocycles. The van der Waals surface area contributed by atoms with Gasteiger partial charge in [0.2, 0.25) is 0 Å². The third kappa shape index (κ3) is 2.72. The molecule has 1 aromatic rings. The minimum atomic E-state index is -2.67. The molecule has 0 fully saturated rings. The largest absolute Gasteiger partial charge is 0.536 e. The molecular weight excluding hydrogens is 288 g/mol. The Morgan fingerprint density at radius 2 is 1.44 bits per heavy atom. The van der Waals surface area contributed by atoms with Crippen LogP contribution >= 0.6 is 15.9 Å². The third-order valence-corrected chi connectivity index (χ3v) is 5.71. The zero-order valence-electron chi connectivity index (χ0n) is 9.99. The molecule has 0 saturated carbocycles. The van der Waals surface area contributed by atoms with Crippen molar-refractivity contribution in [3.05, 3.63) is 29.8 Å². The summed E-state index contributed by atoms with van der Waals surface area (Å²) in [7, 11) is 2.17. The van der Waals surface area contributed by atoms with Gasteiger partial charge in [0.15, 0.2) is 0 Å². The lowest BCUT2D eigenvalue weighted by Crippen LogP contribution is -2.54. The molecule has 0 radical (unpaired) electrons. The molecule has 0 saturated heterocycles. The van der Waals surface area contributed by atoms with Gasteiger partial charge in [-0.3, -0.25) is 0 Å². The van der Waals surface area contributed by atoms with E-state index in [4.69, 9.17) is 13.3 Å². The van der Waals surface area contributed by atoms with Crippen molar-refractivity contribution in [1.82, 2.24) is 0 Å². The molecule has 1 rings (SSSR count). The van der Waals surface area contributed by atoms with E-state index in [-0.39, 0.29) is 0 Å². The van der Waals surface area contributed by atoms with Gasteiger partial charge in [0, 0.05) is 31.3 Å². The summed E-state index contributed by atoms with van der Waals surface area (Å²) in [5, 5.41) is 0.969. The van der Waals surface area contributed by atoms with E-state index < -0.39 is 8.80 Å². The van der Waals surface area contributed by atoms with Gasteiger partial charge in [-0.05, 0) is 12.5 Å². The van der Waals surface area contributed by atoms with Crippen LogP contribution in [0.3, 0.4) is 0 Å². The number of alkyl halides is 1. The highest BCUT2D eigenvalue weighted by Crippen LogP contribution is 2.20. The summed E-state index contributed by atoms with van der Waals surface area (Å²) in [6.07, 6.45) is 0. The van der Waals surface area contributed by atoms with Crippen molar-refractivity contribution in [3.8, 4) is 0 Å². The van der Waals surface area contributed by atoms with E-state index >= 15 is 0 Å². The molecule has 1 aromatic carbocycles. The Hall–Kier alpha value is -0.203. The average Bonchev–Trinajstić information content (AvgIpc) is 2.33. The van der Waals surface area contributed by atoms with E-state index in [1.165, 1.54) is 5.56 Å². The third-order valence-electron chi connectivity index (χ3n) is 2.53. The van der Waals surface area contributed by atoms with Crippen molar-refractivity contribution < 1.29 is 13.3 Å². The van der Waals surface area contributed by atoms with Gasteiger partial charge in [0.05, 0.1) is 0 Å². The molecule has 0 amide bonds. The highest BCUT2D eigenvalue weighted by Gasteiger charge is 2.40. The molecule has 0 spiro atoms. The van der Waals surface area contributed by atoms with E-state index in [0.717, 1.165) is 5.19 Å². The van der Waals surface area contributed by atoms with Crippen LogP contribution in [0.25, 0.3) is 0 Å². The maximum atomic E-state index is 5.41. The lowest BCUT2D eigenvalue weighted by molar-refractivity contribution is 0.140. The standard InChI is InChI=1S/C11H17BrO3Si/c1-9(12)10-5-7-11(8-6-10)16(13-2,14-3)15-4/h5-9H,1-4H3. The second kappa shape index (κ2) is 5.93. The number of rotatable bonds is 5. The molecule has 1 unspecified atom stereocenters. The topological polar surface area (TPSA) is 27.7 Å². The second-order valence-corrected chi connectivity index (χ2v) is 7.69. The second-order valence-electron chi connectivity index (χ2n) is 3.41. The minimum absolute atomic E-state index is 0.338. The van der Waals surface area contributed by atoms with Crippen LogP contribution in [0, 0.1) is 0 Å². The van der Waals surface area contributed by atoms with Crippen LogP contribution in [0.2, 0.25) is 0 Å². The fourth-order valence-corrected chi connectivity index (χ4v) is 3.64. The van der Waals surface area contributed by atoms with E-state index in [2.05, 4.69) is 22.9 Å². The number of hydrogen-bond donors (Lipinski definition) is 0. The molecule has 0 bridgehead atoms. The van der Waals surface area contributed by atoms with Crippen molar-refractivity contribution in [2.75, 3.05) is 21.3 Å². The quantitative estimate of drug-likeness (QED) is 0.617. The Bertz CT molecular complexity index is 314. The first-order valence-corrected chi connectivity index (χ1v) is 7.63. The van der Waals surface area contributed by atoms with Crippen LogP contribution in [0.5, 0.6) is 0 Å². The highest BCUT2D eigenvalue weighted by molar-refractivity contribution is 9.09. The molecule has 16 heavy (non-hydrogen) atoms. The van der Waals surface area contributed by atoms with E-state index in [1.807, 2.05) is 24.3 Å². The van der Waals surface area contributed by atoms with Crippen molar-refractivity contribution in [2.45, 2.75) is 11.8 Å². The van der Waals surface area contributed by atoms with E-state index in [0.29, 0.717) is 4.83 Å². The SMILES string of the molecule is CO[Si](OC)(OC)c1ccc(C(C)Br)cc1. The van der Waals surface area contributed by atoms with E-state index in [1.54, 1.807) is 21.3 Å². The summed E-state index contributed by atoms with van der Waals surface area (Å²) in [6, 6.07) is 8.09. The van der Waals surface area contributed by atoms with Crippen LogP contribution in [0.4, 0.5) is 0 Å². The summed E-state index contributed by atoms with van der Waals surface area (Å²) >= 11 is 3.53. The fourth-order valence-electron chi connectivity index (χ4n) is 1.56. The normalized spacial score (nSPS) is 13.8. The van der Waals surface area contributed by atoms with Gasteiger partial charge in [-0.15, -0.1) is 0 Å².